The van der Waals surface area contributed by atoms with Crippen molar-refractivity contribution < 1.29 is 13.9 Å². The normalized spacial score (nSPS) is 14.1. The molecule has 0 fully saturated rings. The monoisotopic (exact) mass is 365 g/mol. The number of aryl methyl sites for hydroxylation is 2. The van der Waals surface area contributed by atoms with Crippen molar-refractivity contribution in [2.24, 2.45) is 0 Å². The molecular formula is C22H23NO4. The fraction of sp³-hybridized carbons (Fsp3) is 0.318. The summed E-state index contributed by atoms with van der Waals surface area (Å²) in [6.45, 7) is 7.82. The summed E-state index contributed by atoms with van der Waals surface area (Å²) in [6.07, 6.45) is 0. The lowest BCUT2D eigenvalue weighted by Crippen LogP contribution is -2.32. The highest BCUT2D eigenvalue weighted by molar-refractivity contribution is 5.87. The first kappa shape index (κ1) is 17.6. The van der Waals surface area contributed by atoms with Gasteiger partial charge in [-0.2, -0.15) is 0 Å². The largest absolute Gasteiger partial charge is 0.497 e. The van der Waals surface area contributed by atoms with Gasteiger partial charge in [-0.15, -0.1) is 0 Å². The van der Waals surface area contributed by atoms with E-state index in [4.69, 9.17) is 13.9 Å². The molecule has 1 aliphatic heterocycles. The molecule has 5 heteroatoms. The van der Waals surface area contributed by atoms with Crippen LogP contribution in [0.3, 0.4) is 0 Å². The zero-order valence-electron chi connectivity index (χ0n) is 16.1. The Morgan fingerprint density at radius 1 is 1.07 bits per heavy atom. The third-order valence-corrected chi connectivity index (χ3v) is 5.35. The minimum atomic E-state index is -0.278. The maximum Gasteiger partial charge on any atom is 0.339 e. The van der Waals surface area contributed by atoms with Crippen LogP contribution < -0.4 is 15.1 Å². The van der Waals surface area contributed by atoms with Gasteiger partial charge in [-0.25, -0.2) is 4.79 Å². The lowest BCUT2D eigenvalue weighted by molar-refractivity contribution is 0.0881. The number of rotatable bonds is 3. The van der Waals surface area contributed by atoms with E-state index in [0.717, 1.165) is 46.7 Å². The summed E-state index contributed by atoms with van der Waals surface area (Å²) in [6, 6.07) is 10.2. The summed E-state index contributed by atoms with van der Waals surface area (Å²) in [5, 5.41) is 0.984. The molecule has 5 nitrogen and oxygen atoms in total. The molecule has 2 heterocycles. The molecular weight excluding hydrogens is 342 g/mol. The number of hydrogen-bond acceptors (Lipinski definition) is 5. The first-order chi connectivity index (χ1) is 13.0. The Morgan fingerprint density at radius 2 is 1.81 bits per heavy atom. The van der Waals surface area contributed by atoms with Gasteiger partial charge in [-0.3, -0.25) is 4.90 Å². The molecule has 0 amide bonds. The fourth-order valence-electron chi connectivity index (χ4n) is 3.64. The molecule has 0 saturated carbocycles. The van der Waals surface area contributed by atoms with Crippen molar-refractivity contribution in [2.75, 3.05) is 13.8 Å². The van der Waals surface area contributed by atoms with Crippen LogP contribution in [-0.2, 0) is 13.1 Å². The highest BCUT2D eigenvalue weighted by Crippen LogP contribution is 2.36. The van der Waals surface area contributed by atoms with E-state index in [1.165, 1.54) is 5.56 Å². The van der Waals surface area contributed by atoms with Crippen molar-refractivity contribution in [2.45, 2.75) is 33.9 Å². The second-order valence-corrected chi connectivity index (χ2v) is 7.11. The molecule has 3 aromatic rings. The molecule has 0 radical (unpaired) electrons. The van der Waals surface area contributed by atoms with Crippen molar-refractivity contribution >= 4 is 11.0 Å². The Bertz CT molecular complexity index is 1070. The number of methoxy groups -OCH3 is 1. The van der Waals surface area contributed by atoms with Crippen LogP contribution >= 0.6 is 0 Å². The van der Waals surface area contributed by atoms with Crippen molar-refractivity contribution in [1.82, 2.24) is 4.90 Å². The molecule has 2 aromatic carbocycles. The van der Waals surface area contributed by atoms with Gasteiger partial charge < -0.3 is 13.9 Å². The van der Waals surface area contributed by atoms with E-state index in [2.05, 4.69) is 23.1 Å². The van der Waals surface area contributed by atoms with Crippen molar-refractivity contribution in [3.05, 3.63) is 68.6 Å². The molecule has 27 heavy (non-hydrogen) atoms. The van der Waals surface area contributed by atoms with Crippen LogP contribution in [0.1, 0.15) is 27.8 Å². The standard InChI is InChI=1S/C22H23NO4/c1-13-14(2)22(24)27-21-15(3)20-17(9-19(13)21)11-23(12-26-20)10-16-5-7-18(25-4)8-6-16/h5-9H,10-12H2,1-4H3. The van der Waals surface area contributed by atoms with Gasteiger partial charge in [0.15, 0.2) is 0 Å². The second kappa shape index (κ2) is 6.74. The predicted molar refractivity (Wildman–Crippen MR) is 104 cm³/mol. The summed E-state index contributed by atoms with van der Waals surface area (Å²) < 4.78 is 16.8. The Hall–Kier alpha value is -2.79. The Kier molecular flexibility index (Phi) is 4.40. The zero-order chi connectivity index (χ0) is 19.1. The second-order valence-electron chi connectivity index (χ2n) is 7.11. The van der Waals surface area contributed by atoms with Crippen molar-refractivity contribution in [3.63, 3.8) is 0 Å². The van der Waals surface area contributed by atoms with E-state index in [0.29, 0.717) is 17.9 Å². The van der Waals surface area contributed by atoms with E-state index in [-0.39, 0.29) is 5.63 Å². The highest BCUT2D eigenvalue weighted by Gasteiger charge is 2.23. The number of nitrogens with zero attached hydrogens (tertiary/aromatic N) is 1. The number of ether oxygens (including phenoxy) is 2. The number of benzene rings is 2. The molecule has 0 atom stereocenters. The summed E-state index contributed by atoms with van der Waals surface area (Å²) in [4.78, 5) is 14.3. The Labute approximate surface area is 158 Å². The third kappa shape index (κ3) is 3.08. The van der Waals surface area contributed by atoms with Gasteiger partial charge in [-0.05, 0) is 50.1 Å². The van der Waals surface area contributed by atoms with E-state index >= 15 is 0 Å². The van der Waals surface area contributed by atoms with Gasteiger partial charge in [-0.1, -0.05) is 12.1 Å². The SMILES string of the molecule is COc1ccc(CN2COc3c(cc4c(C)c(C)c(=O)oc4c3C)C2)cc1. The van der Waals surface area contributed by atoms with Crippen molar-refractivity contribution in [1.29, 1.82) is 0 Å². The molecule has 4 rings (SSSR count). The van der Waals surface area contributed by atoms with Crippen LogP contribution in [0.4, 0.5) is 0 Å². The maximum atomic E-state index is 12.1. The molecule has 0 aliphatic carbocycles. The average Bonchev–Trinajstić information content (AvgIpc) is 2.68. The quantitative estimate of drug-likeness (QED) is 0.655. The van der Waals surface area contributed by atoms with Crippen LogP contribution in [0.5, 0.6) is 11.5 Å². The molecule has 0 spiro atoms. The van der Waals surface area contributed by atoms with E-state index in [1.807, 2.05) is 32.9 Å². The Balaban J connectivity index is 1.67. The van der Waals surface area contributed by atoms with Gasteiger partial charge in [0.25, 0.3) is 0 Å². The van der Waals surface area contributed by atoms with Gasteiger partial charge >= 0.3 is 5.63 Å². The summed E-state index contributed by atoms with van der Waals surface area (Å²) in [5.74, 6) is 1.69. The molecule has 0 N–H and O–H groups in total. The minimum Gasteiger partial charge on any atom is -0.497 e. The molecule has 1 aliphatic rings. The summed E-state index contributed by atoms with van der Waals surface area (Å²) in [7, 11) is 1.67. The Morgan fingerprint density at radius 3 is 2.52 bits per heavy atom. The van der Waals surface area contributed by atoms with Crippen LogP contribution in [0.15, 0.2) is 39.5 Å². The van der Waals surface area contributed by atoms with Gasteiger partial charge in [0.05, 0.1) is 7.11 Å². The van der Waals surface area contributed by atoms with Gasteiger partial charge in [0.1, 0.15) is 23.8 Å². The smallest absolute Gasteiger partial charge is 0.339 e. The predicted octanol–water partition coefficient (Wildman–Crippen LogP) is 4.08. The van der Waals surface area contributed by atoms with Crippen molar-refractivity contribution in [3.8, 4) is 11.5 Å². The molecule has 0 bridgehead atoms. The topological polar surface area (TPSA) is 51.9 Å². The maximum absolute atomic E-state index is 12.1. The lowest BCUT2D eigenvalue weighted by atomic mass is 9.99. The highest BCUT2D eigenvalue weighted by atomic mass is 16.5. The van der Waals surface area contributed by atoms with Crippen LogP contribution in [0.25, 0.3) is 11.0 Å². The first-order valence-electron chi connectivity index (χ1n) is 9.02. The first-order valence-corrected chi connectivity index (χ1v) is 9.02. The lowest BCUT2D eigenvalue weighted by Gasteiger charge is -2.30. The van der Waals surface area contributed by atoms with Crippen LogP contribution in [0, 0.1) is 20.8 Å². The minimum absolute atomic E-state index is 0.278. The third-order valence-electron chi connectivity index (χ3n) is 5.35. The van der Waals surface area contributed by atoms with Crippen LogP contribution in [0.2, 0.25) is 0 Å². The van der Waals surface area contributed by atoms with E-state index < -0.39 is 0 Å². The van der Waals surface area contributed by atoms with E-state index in [1.54, 1.807) is 7.11 Å². The molecule has 0 saturated heterocycles. The molecule has 1 aromatic heterocycles. The fourth-order valence-corrected chi connectivity index (χ4v) is 3.64. The number of hydrogen-bond donors (Lipinski definition) is 0. The zero-order valence-corrected chi connectivity index (χ0v) is 16.1. The average molecular weight is 365 g/mol. The summed E-state index contributed by atoms with van der Waals surface area (Å²) in [5.41, 5.74) is 5.21. The summed E-state index contributed by atoms with van der Waals surface area (Å²) >= 11 is 0. The number of fused-ring (bicyclic) bond motifs is 2. The molecule has 140 valence electrons. The molecule has 0 unspecified atom stereocenters. The van der Waals surface area contributed by atoms with Gasteiger partial charge in [0, 0.05) is 35.2 Å². The van der Waals surface area contributed by atoms with Crippen LogP contribution in [-0.4, -0.2) is 18.7 Å². The van der Waals surface area contributed by atoms with Gasteiger partial charge in [0.2, 0.25) is 0 Å². The van der Waals surface area contributed by atoms with E-state index in [9.17, 15) is 4.79 Å².